The second-order valence-corrected chi connectivity index (χ2v) is 12.4. The van der Waals surface area contributed by atoms with Crippen molar-refractivity contribution in [3.63, 3.8) is 0 Å². The van der Waals surface area contributed by atoms with E-state index in [9.17, 15) is 12.8 Å². The summed E-state index contributed by atoms with van der Waals surface area (Å²) in [7, 11) is -3.65. The van der Waals surface area contributed by atoms with Crippen LogP contribution in [0.3, 0.4) is 0 Å². The molecule has 2 aliphatic rings. The van der Waals surface area contributed by atoms with Crippen LogP contribution < -0.4 is 14.8 Å². The van der Waals surface area contributed by atoms with Crippen LogP contribution in [-0.4, -0.2) is 34.8 Å². The first kappa shape index (κ1) is 29.8. The van der Waals surface area contributed by atoms with Crippen LogP contribution >= 0.6 is 24.0 Å². The summed E-state index contributed by atoms with van der Waals surface area (Å²) in [5.74, 6) is 0.736. The lowest BCUT2D eigenvalue weighted by atomic mass is 9.58. The van der Waals surface area contributed by atoms with Gasteiger partial charge in [-0.25, -0.2) is 13.1 Å². The topological polar surface area (TPSA) is 67.4 Å². The largest absolute Gasteiger partial charge is 0.492 e. The average molecular weight is 594 g/mol. The van der Waals surface area contributed by atoms with Gasteiger partial charge in [-0.3, -0.25) is 4.39 Å². The molecule has 0 radical (unpaired) electrons. The van der Waals surface area contributed by atoms with Crippen LogP contribution in [0.4, 0.5) is 4.39 Å². The number of halogens is 3. The fourth-order valence-corrected chi connectivity index (χ4v) is 6.87. The van der Waals surface area contributed by atoms with E-state index in [2.05, 4.69) is 34.3 Å². The quantitative estimate of drug-likeness (QED) is 0.255. The van der Waals surface area contributed by atoms with Crippen LogP contribution in [0.25, 0.3) is 0 Å². The maximum absolute atomic E-state index is 12.7. The first-order valence-electron chi connectivity index (χ1n) is 13.3. The number of hydrogen-bond acceptors (Lipinski definition) is 4. The van der Waals surface area contributed by atoms with E-state index >= 15 is 0 Å². The first-order valence-corrected chi connectivity index (χ1v) is 15.2. The molecule has 1 heterocycles. The predicted molar refractivity (Wildman–Crippen MR) is 157 cm³/mol. The van der Waals surface area contributed by atoms with Crippen molar-refractivity contribution in [1.29, 1.82) is 0 Å². The van der Waals surface area contributed by atoms with Crippen LogP contribution in [0.2, 0.25) is 5.02 Å². The Hall–Kier alpha value is -2.16. The standard InChI is InChI=1S/C30H34ClFN2O3S.ClH/c31-25-9-7-24(8-10-25)30(15-2-16-30)29-28-21-26(11-6-23(28)14-18-33-29)37-20-19-34-38(35,36)27-12-4-22(5-13-27)3-1-17-32;/h4-13,21,29,33-34H,1-3,14-20H2;1H. The summed E-state index contributed by atoms with van der Waals surface area (Å²) >= 11 is 6.17. The van der Waals surface area contributed by atoms with Crippen molar-refractivity contribution in [3.8, 4) is 5.75 Å². The van der Waals surface area contributed by atoms with Crippen molar-refractivity contribution in [2.75, 3.05) is 26.4 Å². The van der Waals surface area contributed by atoms with Gasteiger partial charge in [-0.05, 0) is 97.3 Å². The average Bonchev–Trinajstić information content (AvgIpc) is 2.91. The minimum absolute atomic E-state index is 0. The Balaban J connectivity index is 0.00000353. The Labute approximate surface area is 242 Å². The lowest BCUT2D eigenvalue weighted by Crippen LogP contribution is -2.49. The van der Waals surface area contributed by atoms with Crippen LogP contribution in [0.1, 0.15) is 54.0 Å². The molecule has 1 aliphatic heterocycles. The molecule has 0 aromatic heterocycles. The molecule has 210 valence electrons. The van der Waals surface area contributed by atoms with Gasteiger partial charge in [0.25, 0.3) is 0 Å². The van der Waals surface area contributed by atoms with Gasteiger partial charge >= 0.3 is 0 Å². The summed E-state index contributed by atoms with van der Waals surface area (Å²) in [6.45, 7) is 0.921. The van der Waals surface area contributed by atoms with Crippen LogP contribution in [-0.2, 0) is 28.3 Å². The molecule has 1 unspecified atom stereocenters. The summed E-state index contributed by atoms with van der Waals surface area (Å²) in [6.07, 6.45) is 5.44. The van der Waals surface area contributed by atoms with E-state index in [0.717, 1.165) is 42.1 Å². The fourth-order valence-electron chi connectivity index (χ4n) is 5.73. The van der Waals surface area contributed by atoms with Crippen molar-refractivity contribution in [3.05, 3.63) is 94.0 Å². The number of aryl methyl sites for hydroxylation is 1. The highest BCUT2D eigenvalue weighted by atomic mass is 35.5. The van der Waals surface area contributed by atoms with E-state index in [0.29, 0.717) is 12.8 Å². The van der Waals surface area contributed by atoms with Crippen molar-refractivity contribution in [1.82, 2.24) is 10.0 Å². The highest BCUT2D eigenvalue weighted by Gasteiger charge is 2.47. The van der Waals surface area contributed by atoms with Gasteiger partial charge in [0.2, 0.25) is 10.0 Å². The fraction of sp³-hybridized carbons (Fsp3) is 0.400. The number of benzene rings is 3. The van der Waals surface area contributed by atoms with E-state index in [1.165, 1.54) is 23.1 Å². The van der Waals surface area contributed by atoms with Crippen LogP contribution in [0.15, 0.2) is 71.6 Å². The molecule has 3 aromatic carbocycles. The molecule has 3 aromatic rings. The summed E-state index contributed by atoms with van der Waals surface area (Å²) < 4.78 is 46.3. The maximum Gasteiger partial charge on any atom is 0.240 e. The highest BCUT2D eigenvalue weighted by Crippen LogP contribution is 2.53. The van der Waals surface area contributed by atoms with Gasteiger partial charge < -0.3 is 10.1 Å². The zero-order chi connectivity index (χ0) is 26.6. The molecular weight excluding hydrogens is 558 g/mol. The Bertz CT molecular complexity index is 1350. The van der Waals surface area contributed by atoms with Gasteiger partial charge in [0.1, 0.15) is 12.4 Å². The van der Waals surface area contributed by atoms with Gasteiger partial charge in [0.15, 0.2) is 0 Å². The van der Waals surface area contributed by atoms with E-state index < -0.39 is 10.0 Å². The second-order valence-electron chi connectivity index (χ2n) is 10.2. The predicted octanol–water partition coefficient (Wildman–Crippen LogP) is 6.33. The van der Waals surface area contributed by atoms with Crippen LogP contribution in [0, 0.1) is 0 Å². The van der Waals surface area contributed by atoms with E-state index in [1.54, 1.807) is 24.3 Å². The molecular formula is C30H35Cl2FN2O3S. The van der Waals surface area contributed by atoms with Gasteiger partial charge in [0.05, 0.1) is 11.6 Å². The molecule has 0 spiro atoms. The third-order valence-electron chi connectivity index (χ3n) is 7.88. The molecule has 5 rings (SSSR count). The van der Waals surface area contributed by atoms with Gasteiger partial charge in [-0.1, -0.05) is 48.4 Å². The lowest BCUT2D eigenvalue weighted by molar-refractivity contribution is 0.164. The molecule has 0 bridgehead atoms. The molecule has 1 aliphatic carbocycles. The Morgan fingerprint density at radius 3 is 2.46 bits per heavy atom. The molecule has 1 fully saturated rings. The van der Waals surface area contributed by atoms with Gasteiger partial charge in [-0.15, -0.1) is 12.4 Å². The normalized spacial score (nSPS) is 17.9. The smallest absolute Gasteiger partial charge is 0.240 e. The third kappa shape index (κ3) is 6.60. The van der Waals surface area contributed by atoms with E-state index in [-0.39, 0.29) is 48.6 Å². The summed E-state index contributed by atoms with van der Waals surface area (Å²) in [4.78, 5) is 0.192. The maximum atomic E-state index is 12.7. The number of sulfonamides is 1. The summed E-state index contributed by atoms with van der Waals surface area (Å²) in [6, 6.07) is 21.3. The minimum atomic E-state index is -3.65. The number of rotatable bonds is 11. The first-order chi connectivity index (χ1) is 18.4. The number of fused-ring (bicyclic) bond motifs is 1. The van der Waals surface area contributed by atoms with Crippen molar-refractivity contribution in [2.24, 2.45) is 0 Å². The molecule has 1 atom stereocenters. The number of hydrogen-bond donors (Lipinski definition) is 2. The lowest BCUT2D eigenvalue weighted by Gasteiger charge is -2.50. The van der Waals surface area contributed by atoms with E-state index in [4.69, 9.17) is 16.3 Å². The monoisotopic (exact) mass is 592 g/mol. The molecule has 2 N–H and O–H groups in total. The molecule has 9 heteroatoms. The molecule has 5 nitrogen and oxygen atoms in total. The SMILES string of the molecule is Cl.O=S(=O)(NCCOc1ccc2c(c1)C(C1(c3ccc(Cl)cc3)CCC1)NCC2)c1ccc(CCCF)cc1. The zero-order valence-corrected chi connectivity index (χ0v) is 24.2. The highest BCUT2D eigenvalue weighted by molar-refractivity contribution is 7.89. The number of ether oxygens (including phenoxy) is 1. The Kier molecular flexibility index (Phi) is 9.94. The van der Waals surface area contributed by atoms with Gasteiger partial charge in [-0.2, -0.15) is 0 Å². The Morgan fingerprint density at radius 2 is 1.79 bits per heavy atom. The number of nitrogens with one attached hydrogen (secondary N) is 2. The Morgan fingerprint density at radius 1 is 1.05 bits per heavy atom. The number of alkyl halides is 1. The minimum Gasteiger partial charge on any atom is -0.492 e. The summed E-state index contributed by atoms with van der Waals surface area (Å²) in [5, 5.41) is 4.53. The summed E-state index contributed by atoms with van der Waals surface area (Å²) in [5.41, 5.74) is 4.86. The van der Waals surface area contributed by atoms with Crippen molar-refractivity contribution >= 4 is 34.0 Å². The van der Waals surface area contributed by atoms with Crippen molar-refractivity contribution < 1.29 is 17.5 Å². The van der Waals surface area contributed by atoms with Gasteiger partial charge in [0, 0.05) is 23.0 Å². The molecule has 0 saturated heterocycles. The molecule has 1 saturated carbocycles. The molecule has 39 heavy (non-hydrogen) atoms. The van der Waals surface area contributed by atoms with E-state index in [1.807, 2.05) is 18.2 Å². The van der Waals surface area contributed by atoms with Crippen molar-refractivity contribution in [2.45, 2.75) is 54.9 Å². The van der Waals surface area contributed by atoms with Crippen LogP contribution in [0.5, 0.6) is 5.75 Å². The second kappa shape index (κ2) is 13.0. The zero-order valence-electron chi connectivity index (χ0n) is 21.8. The third-order valence-corrected chi connectivity index (χ3v) is 9.61. The molecule has 0 amide bonds.